The first-order chi connectivity index (χ1) is 7.66. The van der Waals surface area contributed by atoms with Crippen LogP contribution in [0.4, 0.5) is 0 Å². The molecule has 0 aromatic rings. The predicted octanol–water partition coefficient (Wildman–Crippen LogP) is -1.11. The lowest BCUT2D eigenvalue weighted by molar-refractivity contribution is -0.138. The Hall–Kier alpha value is -0.940. The van der Waals surface area contributed by atoms with E-state index in [0.717, 1.165) is 26.2 Å². The summed E-state index contributed by atoms with van der Waals surface area (Å²) in [5, 5.41) is 3.38. The third-order valence-electron chi connectivity index (χ3n) is 4.22. The second kappa shape index (κ2) is 3.53. The molecule has 0 aliphatic carbocycles. The van der Waals surface area contributed by atoms with E-state index < -0.39 is 0 Å². The Morgan fingerprint density at radius 1 is 1.19 bits per heavy atom. The highest BCUT2D eigenvalue weighted by Gasteiger charge is 2.45. The second-order valence-electron chi connectivity index (χ2n) is 5.14. The van der Waals surface area contributed by atoms with E-state index in [1.54, 1.807) is 7.05 Å². The van der Waals surface area contributed by atoms with E-state index in [1.165, 1.54) is 4.90 Å². The topological polar surface area (TPSA) is 52.7 Å². The van der Waals surface area contributed by atoms with E-state index in [9.17, 15) is 9.59 Å². The lowest BCUT2D eigenvalue weighted by Gasteiger charge is -2.22. The summed E-state index contributed by atoms with van der Waals surface area (Å²) in [6, 6.07) is -0.178. The van der Waals surface area contributed by atoms with E-state index in [0.29, 0.717) is 18.3 Å². The molecule has 3 aliphatic rings. The van der Waals surface area contributed by atoms with Gasteiger partial charge in [0.1, 0.15) is 0 Å². The molecule has 3 heterocycles. The molecular formula is C11H17N3O2. The van der Waals surface area contributed by atoms with Gasteiger partial charge < -0.3 is 5.32 Å². The molecule has 5 nitrogen and oxygen atoms in total. The van der Waals surface area contributed by atoms with Gasteiger partial charge in [-0.3, -0.25) is 19.4 Å². The van der Waals surface area contributed by atoms with Gasteiger partial charge >= 0.3 is 0 Å². The van der Waals surface area contributed by atoms with E-state index in [-0.39, 0.29) is 17.9 Å². The minimum absolute atomic E-state index is 0.0158. The Kier molecular flexibility index (Phi) is 2.26. The van der Waals surface area contributed by atoms with Crippen molar-refractivity contribution in [2.24, 2.45) is 11.8 Å². The molecule has 5 heteroatoms. The van der Waals surface area contributed by atoms with Crippen molar-refractivity contribution in [1.82, 2.24) is 15.1 Å². The van der Waals surface area contributed by atoms with Crippen LogP contribution >= 0.6 is 0 Å². The van der Waals surface area contributed by atoms with Crippen molar-refractivity contribution in [2.45, 2.75) is 12.5 Å². The number of imide groups is 1. The fourth-order valence-corrected chi connectivity index (χ4v) is 3.17. The first-order valence-electron chi connectivity index (χ1n) is 5.92. The van der Waals surface area contributed by atoms with Crippen LogP contribution in [-0.2, 0) is 9.59 Å². The molecule has 3 atom stereocenters. The number of fused-ring (bicyclic) bond motifs is 1. The van der Waals surface area contributed by atoms with Gasteiger partial charge in [0.25, 0.3) is 0 Å². The number of nitrogens with zero attached hydrogens (tertiary/aromatic N) is 2. The molecule has 3 rings (SSSR count). The highest BCUT2D eigenvalue weighted by Crippen LogP contribution is 2.30. The van der Waals surface area contributed by atoms with E-state index >= 15 is 0 Å². The quantitative estimate of drug-likeness (QED) is 0.573. The maximum Gasteiger partial charge on any atom is 0.246 e. The normalized spacial score (nSPS) is 39.8. The zero-order chi connectivity index (χ0) is 11.3. The van der Waals surface area contributed by atoms with Crippen LogP contribution in [0.2, 0.25) is 0 Å². The summed E-state index contributed by atoms with van der Waals surface area (Å²) in [6.45, 7) is 4.06. The summed E-state index contributed by atoms with van der Waals surface area (Å²) in [4.78, 5) is 26.8. The standard InChI is InChI=1S/C11H17N3O2/c1-13-10(15)2-9(11(13)16)14-5-7-3-12-4-8(7)6-14/h7-9,12H,2-6H2,1H3/t7-,8+,9?. The lowest BCUT2D eigenvalue weighted by atomic mass is 10.0. The largest absolute Gasteiger partial charge is 0.316 e. The summed E-state index contributed by atoms with van der Waals surface area (Å²) in [7, 11) is 1.59. The average Bonchev–Trinajstić information content (AvgIpc) is 2.87. The molecule has 0 spiro atoms. The van der Waals surface area contributed by atoms with Gasteiger partial charge in [0, 0.05) is 20.1 Å². The molecule has 88 valence electrons. The molecule has 0 aromatic heterocycles. The number of likely N-dealkylation sites (tertiary alicyclic amines) is 2. The number of carbonyl (C=O) groups excluding carboxylic acids is 2. The Labute approximate surface area is 94.8 Å². The molecule has 3 saturated heterocycles. The highest BCUT2D eigenvalue weighted by atomic mass is 16.2. The molecule has 0 bridgehead atoms. The summed E-state index contributed by atoms with van der Waals surface area (Å²) in [6.07, 6.45) is 0.377. The number of nitrogens with one attached hydrogen (secondary N) is 1. The van der Waals surface area contributed by atoms with Crippen molar-refractivity contribution in [3.8, 4) is 0 Å². The van der Waals surface area contributed by atoms with Crippen molar-refractivity contribution in [1.29, 1.82) is 0 Å². The Morgan fingerprint density at radius 3 is 2.31 bits per heavy atom. The van der Waals surface area contributed by atoms with E-state index in [2.05, 4.69) is 10.2 Å². The van der Waals surface area contributed by atoms with Crippen molar-refractivity contribution in [2.75, 3.05) is 33.2 Å². The van der Waals surface area contributed by atoms with Crippen LogP contribution in [-0.4, -0.2) is 60.9 Å². The highest BCUT2D eigenvalue weighted by molar-refractivity contribution is 6.05. The van der Waals surface area contributed by atoms with Gasteiger partial charge in [-0.15, -0.1) is 0 Å². The van der Waals surface area contributed by atoms with E-state index in [4.69, 9.17) is 0 Å². The number of carbonyl (C=O) groups is 2. The fourth-order valence-electron chi connectivity index (χ4n) is 3.17. The second-order valence-corrected chi connectivity index (χ2v) is 5.14. The first-order valence-corrected chi connectivity index (χ1v) is 5.92. The maximum atomic E-state index is 11.9. The molecule has 3 fully saturated rings. The summed E-state index contributed by atoms with van der Waals surface area (Å²) >= 11 is 0. The molecule has 3 aliphatic heterocycles. The zero-order valence-electron chi connectivity index (χ0n) is 9.48. The van der Waals surface area contributed by atoms with Gasteiger partial charge in [0.05, 0.1) is 12.5 Å². The van der Waals surface area contributed by atoms with Gasteiger partial charge in [0.15, 0.2) is 0 Å². The predicted molar refractivity (Wildman–Crippen MR) is 57.6 cm³/mol. The minimum Gasteiger partial charge on any atom is -0.316 e. The fraction of sp³-hybridized carbons (Fsp3) is 0.818. The Morgan fingerprint density at radius 2 is 1.81 bits per heavy atom. The maximum absolute atomic E-state index is 11.9. The van der Waals surface area contributed by atoms with Gasteiger partial charge in [-0.25, -0.2) is 0 Å². The lowest BCUT2D eigenvalue weighted by Crippen LogP contribution is -2.41. The number of hydrogen-bond donors (Lipinski definition) is 1. The van der Waals surface area contributed by atoms with Crippen LogP contribution in [0, 0.1) is 11.8 Å². The Balaban J connectivity index is 1.71. The number of amides is 2. The molecule has 2 amide bonds. The smallest absolute Gasteiger partial charge is 0.246 e. The van der Waals surface area contributed by atoms with Crippen molar-refractivity contribution < 1.29 is 9.59 Å². The van der Waals surface area contributed by atoms with Crippen LogP contribution in [0.1, 0.15) is 6.42 Å². The van der Waals surface area contributed by atoms with Crippen LogP contribution in [0.25, 0.3) is 0 Å². The molecule has 1 N–H and O–H groups in total. The number of hydrogen-bond acceptors (Lipinski definition) is 4. The molecule has 0 radical (unpaired) electrons. The van der Waals surface area contributed by atoms with Gasteiger partial charge in [-0.2, -0.15) is 0 Å². The van der Waals surface area contributed by atoms with E-state index in [1.807, 2.05) is 0 Å². The monoisotopic (exact) mass is 223 g/mol. The third kappa shape index (κ3) is 1.38. The van der Waals surface area contributed by atoms with Crippen LogP contribution in [0.3, 0.4) is 0 Å². The Bertz CT molecular complexity index is 332. The van der Waals surface area contributed by atoms with Gasteiger partial charge in [0.2, 0.25) is 11.8 Å². The number of rotatable bonds is 1. The third-order valence-corrected chi connectivity index (χ3v) is 4.22. The van der Waals surface area contributed by atoms with Gasteiger partial charge in [-0.1, -0.05) is 0 Å². The van der Waals surface area contributed by atoms with Crippen LogP contribution in [0.5, 0.6) is 0 Å². The van der Waals surface area contributed by atoms with Gasteiger partial charge in [-0.05, 0) is 24.9 Å². The summed E-state index contributed by atoms with van der Waals surface area (Å²) in [5.74, 6) is 1.30. The first kappa shape index (κ1) is 10.2. The number of likely N-dealkylation sites (N-methyl/N-ethyl adjacent to an activating group) is 1. The molecule has 1 unspecified atom stereocenters. The molecular weight excluding hydrogens is 206 g/mol. The van der Waals surface area contributed by atoms with Crippen LogP contribution < -0.4 is 5.32 Å². The van der Waals surface area contributed by atoms with Crippen molar-refractivity contribution in [3.05, 3.63) is 0 Å². The average molecular weight is 223 g/mol. The van der Waals surface area contributed by atoms with Crippen molar-refractivity contribution in [3.63, 3.8) is 0 Å². The molecule has 16 heavy (non-hydrogen) atoms. The van der Waals surface area contributed by atoms with Crippen LogP contribution in [0.15, 0.2) is 0 Å². The molecule has 0 aromatic carbocycles. The zero-order valence-corrected chi connectivity index (χ0v) is 9.48. The summed E-state index contributed by atoms with van der Waals surface area (Å²) in [5.41, 5.74) is 0. The summed E-state index contributed by atoms with van der Waals surface area (Å²) < 4.78 is 0. The minimum atomic E-state index is -0.178. The SMILES string of the molecule is CN1C(=O)CC(N2C[C@H]3CNC[C@H]3C2)C1=O. The van der Waals surface area contributed by atoms with Crippen molar-refractivity contribution >= 4 is 11.8 Å². The molecule has 0 saturated carbocycles.